The van der Waals surface area contributed by atoms with Crippen molar-refractivity contribution in [2.75, 3.05) is 6.54 Å². The van der Waals surface area contributed by atoms with E-state index in [1.807, 2.05) is 42.5 Å². The minimum Gasteiger partial charge on any atom is -0.317 e. The Morgan fingerprint density at radius 2 is 2.12 bits per heavy atom. The fourth-order valence-corrected chi connectivity index (χ4v) is 1.62. The Morgan fingerprint density at radius 1 is 1.29 bits per heavy atom. The first-order valence-corrected chi connectivity index (χ1v) is 5.71. The van der Waals surface area contributed by atoms with Crippen LogP contribution in [0.15, 0.2) is 12.3 Å². The molecule has 0 radical (unpaired) electrons. The van der Waals surface area contributed by atoms with Gasteiger partial charge in [-0.1, -0.05) is 0 Å². The molecule has 0 atom stereocenters. The Kier molecular flexibility index (Phi) is 3.53. The third-order valence-electron chi connectivity index (χ3n) is 2.79. The fourth-order valence-electron chi connectivity index (χ4n) is 1.62. The highest BCUT2D eigenvalue weighted by Gasteiger charge is 2.03. The maximum absolute atomic E-state index is 4.32. The van der Waals surface area contributed by atoms with Crippen LogP contribution in [-0.2, 0) is 27.1 Å². The molecule has 2 rings (SSSR count). The molecule has 0 aliphatic rings. The second-order valence-electron chi connectivity index (χ2n) is 4.13. The Balaban J connectivity index is 1.75. The molecule has 2 heterocycles. The molecule has 0 fully saturated rings. The lowest BCUT2D eigenvalue weighted by Crippen LogP contribution is -2.19. The van der Waals surface area contributed by atoms with Gasteiger partial charge < -0.3 is 9.88 Å². The van der Waals surface area contributed by atoms with Gasteiger partial charge >= 0.3 is 0 Å². The number of rotatable bonds is 5. The smallest absolute Gasteiger partial charge is 0.146 e. The zero-order chi connectivity index (χ0) is 12.3. The molecule has 0 unspecified atom stereocenters. The van der Waals surface area contributed by atoms with Gasteiger partial charge in [-0.25, -0.2) is 0 Å². The average molecular weight is 234 g/mol. The summed E-state index contributed by atoms with van der Waals surface area (Å²) < 4.78 is 3.81. The van der Waals surface area contributed by atoms with Gasteiger partial charge in [-0.15, -0.1) is 10.2 Å². The molecule has 0 aliphatic heterocycles. The van der Waals surface area contributed by atoms with E-state index < -0.39 is 0 Å². The van der Waals surface area contributed by atoms with Crippen molar-refractivity contribution < 1.29 is 0 Å². The second kappa shape index (κ2) is 5.09. The van der Waals surface area contributed by atoms with Crippen LogP contribution in [0.1, 0.15) is 17.3 Å². The Hall–Kier alpha value is -1.69. The topological polar surface area (TPSA) is 60.6 Å². The molecule has 0 saturated heterocycles. The Labute approximate surface area is 101 Å². The lowest BCUT2D eigenvalue weighted by atomic mass is 10.3. The molecule has 0 aromatic carbocycles. The van der Waals surface area contributed by atoms with E-state index in [0.717, 1.165) is 36.9 Å². The van der Waals surface area contributed by atoms with Gasteiger partial charge in [-0.3, -0.25) is 4.68 Å². The van der Waals surface area contributed by atoms with Crippen molar-refractivity contribution in [1.29, 1.82) is 0 Å². The van der Waals surface area contributed by atoms with Gasteiger partial charge in [0.05, 0.1) is 12.2 Å². The monoisotopic (exact) mass is 234 g/mol. The lowest BCUT2D eigenvalue weighted by Gasteiger charge is -2.03. The zero-order valence-corrected chi connectivity index (χ0v) is 10.5. The van der Waals surface area contributed by atoms with Crippen LogP contribution in [0, 0.1) is 6.92 Å². The fraction of sp³-hybridized carbons (Fsp3) is 0.545. The summed E-state index contributed by atoms with van der Waals surface area (Å²) in [5.74, 6) is 1.90. The molecule has 6 nitrogen and oxygen atoms in total. The summed E-state index contributed by atoms with van der Waals surface area (Å²) in [6.07, 6.45) is 2.89. The highest BCUT2D eigenvalue weighted by molar-refractivity contribution is 4.99. The van der Waals surface area contributed by atoms with Gasteiger partial charge in [0.2, 0.25) is 0 Å². The molecule has 0 bridgehead atoms. The van der Waals surface area contributed by atoms with Gasteiger partial charge in [0, 0.05) is 33.3 Å². The molecular formula is C11H18N6. The molecule has 1 N–H and O–H groups in total. The molecule has 0 spiro atoms. The molecular weight excluding hydrogens is 216 g/mol. The zero-order valence-electron chi connectivity index (χ0n) is 10.5. The SMILES string of the molecule is Cc1nnc(CNCCc2ccn(C)n2)n1C. The summed E-state index contributed by atoms with van der Waals surface area (Å²) in [4.78, 5) is 0. The Morgan fingerprint density at radius 3 is 2.71 bits per heavy atom. The standard InChI is InChI=1S/C11H18N6/c1-9-13-14-11(17(9)3)8-12-6-4-10-5-7-16(2)15-10/h5,7,12H,4,6,8H2,1-3H3. The number of hydrogen-bond acceptors (Lipinski definition) is 4. The van der Waals surface area contributed by atoms with Crippen LogP contribution in [0.3, 0.4) is 0 Å². The molecule has 0 aliphatic carbocycles. The summed E-state index contributed by atoms with van der Waals surface area (Å²) in [6, 6.07) is 2.04. The number of aromatic nitrogens is 5. The van der Waals surface area contributed by atoms with Crippen LogP contribution >= 0.6 is 0 Å². The van der Waals surface area contributed by atoms with E-state index in [1.165, 1.54) is 0 Å². The average Bonchev–Trinajstić information content (AvgIpc) is 2.84. The largest absolute Gasteiger partial charge is 0.317 e. The van der Waals surface area contributed by atoms with E-state index in [-0.39, 0.29) is 0 Å². The van der Waals surface area contributed by atoms with E-state index in [1.54, 1.807) is 0 Å². The number of nitrogens with zero attached hydrogens (tertiary/aromatic N) is 5. The van der Waals surface area contributed by atoms with Crippen LogP contribution < -0.4 is 5.32 Å². The molecule has 2 aromatic rings. The molecule has 17 heavy (non-hydrogen) atoms. The quantitative estimate of drug-likeness (QED) is 0.750. The van der Waals surface area contributed by atoms with Crippen molar-refractivity contribution in [3.63, 3.8) is 0 Å². The maximum Gasteiger partial charge on any atom is 0.146 e. The van der Waals surface area contributed by atoms with E-state index in [2.05, 4.69) is 20.6 Å². The first-order chi connectivity index (χ1) is 8.16. The van der Waals surface area contributed by atoms with E-state index in [4.69, 9.17) is 0 Å². The first-order valence-electron chi connectivity index (χ1n) is 5.71. The summed E-state index contributed by atoms with van der Waals surface area (Å²) in [6.45, 7) is 3.58. The minimum absolute atomic E-state index is 0.740. The highest BCUT2D eigenvalue weighted by atomic mass is 15.3. The van der Waals surface area contributed by atoms with Gasteiger partial charge in [0.15, 0.2) is 0 Å². The molecule has 2 aromatic heterocycles. The molecule has 0 amide bonds. The molecule has 92 valence electrons. The second-order valence-corrected chi connectivity index (χ2v) is 4.13. The van der Waals surface area contributed by atoms with Crippen molar-refractivity contribution in [2.24, 2.45) is 14.1 Å². The van der Waals surface area contributed by atoms with Crippen molar-refractivity contribution >= 4 is 0 Å². The number of nitrogens with one attached hydrogen (secondary N) is 1. The predicted octanol–water partition coefficient (Wildman–Crippen LogP) is 0.189. The predicted molar refractivity (Wildman–Crippen MR) is 64.4 cm³/mol. The summed E-state index contributed by atoms with van der Waals surface area (Å²) in [7, 11) is 3.91. The van der Waals surface area contributed by atoms with Gasteiger partial charge in [0.25, 0.3) is 0 Å². The van der Waals surface area contributed by atoms with Crippen LogP contribution in [0.2, 0.25) is 0 Å². The first kappa shape index (κ1) is 11.8. The van der Waals surface area contributed by atoms with Gasteiger partial charge in [-0.2, -0.15) is 5.10 Å². The summed E-state index contributed by atoms with van der Waals surface area (Å²) in [5.41, 5.74) is 1.11. The lowest BCUT2D eigenvalue weighted by molar-refractivity contribution is 0.624. The third kappa shape index (κ3) is 2.91. The van der Waals surface area contributed by atoms with Crippen molar-refractivity contribution in [1.82, 2.24) is 29.9 Å². The van der Waals surface area contributed by atoms with Crippen LogP contribution in [-0.4, -0.2) is 31.1 Å². The normalized spacial score (nSPS) is 11.0. The highest BCUT2D eigenvalue weighted by Crippen LogP contribution is 1.97. The molecule has 6 heteroatoms. The van der Waals surface area contributed by atoms with Crippen molar-refractivity contribution in [3.05, 3.63) is 29.6 Å². The van der Waals surface area contributed by atoms with Gasteiger partial charge in [0.1, 0.15) is 11.6 Å². The van der Waals surface area contributed by atoms with Crippen molar-refractivity contribution in [3.8, 4) is 0 Å². The Bertz CT molecular complexity index is 484. The number of hydrogen-bond donors (Lipinski definition) is 1. The van der Waals surface area contributed by atoms with Crippen LogP contribution in [0.5, 0.6) is 0 Å². The van der Waals surface area contributed by atoms with E-state index in [0.29, 0.717) is 0 Å². The van der Waals surface area contributed by atoms with Crippen LogP contribution in [0.4, 0.5) is 0 Å². The maximum atomic E-state index is 4.32. The summed E-state index contributed by atoms with van der Waals surface area (Å²) in [5, 5.41) is 15.8. The summed E-state index contributed by atoms with van der Waals surface area (Å²) >= 11 is 0. The van der Waals surface area contributed by atoms with Gasteiger partial charge in [-0.05, 0) is 13.0 Å². The molecule has 0 saturated carbocycles. The van der Waals surface area contributed by atoms with Crippen molar-refractivity contribution in [2.45, 2.75) is 19.9 Å². The van der Waals surface area contributed by atoms with Crippen LogP contribution in [0.25, 0.3) is 0 Å². The third-order valence-corrected chi connectivity index (χ3v) is 2.79. The minimum atomic E-state index is 0.740. The number of aryl methyl sites for hydroxylation is 2. The van der Waals surface area contributed by atoms with E-state index >= 15 is 0 Å². The van der Waals surface area contributed by atoms with E-state index in [9.17, 15) is 0 Å².